The van der Waals surface area contributed by atoms with E-state index in [4.69, 9.17) is 9.47 Å². The normalized spacial score (nSPS) is 19.3. The van der Waals surface area contributed by atoms with E-state index in [-0.39, 0.29) is 5.92 Å². The molecule has 2 heterocycles. The van der Waals surface area contributed by atoms with Crippen LogP contribution in [0.1, 0.15) is 28.2 Å². The molecule has 3 aromatic rings. The number of morpholine rings is 1. The van der Waals surface area contributed by atoms with Crippen molar-refractivity contribution in [2.75, 3.05) is 32.8 Å². The molecule has 0 aromatic heterocycles. The van der Waals surface area contributed by atoms with Crippen molar-refractivity contribution in [2.45, 2.75) is 12.8 Å². The predicted molar refractivity (Wildman–Crippen MR) is 120 cm³/mol. The Labute approximate surface area is 178 Å². The first-order valence-corrected chi connectivity index (χ1v) is 10.8. The molecule has 0 radical (unpaired) electrons. The molecule has 1 N–H and O–H groups in total. The first-order valence-electron chi connectivity index (χ1n) is 10.8. The predicted octanol–water partition coefficient (Wildman–Crippen LogP) is 3.85. The molecule has 0 amide bonds. The summed E-state index contributed by atoms with van der Waals surface area (Å²) in [7, 11) is 0. The molecule has 0 saturated carbocycles. The summed E-state index contributed by atoms with van der Waals surface area (Å²) in [4.78, 5) is 1.56. The Morgan fingerprint density at radius 2 is 1.53 bits per heavy atom. The third-order valence-corrected chi connectivity index (χ3v) is 6.17. The Kier molecular flexibility index (Phi) is 5.39. The monoisotopic (exact) mass is 398 g/mol. The van der Waals surface area contributed by atoms with Crippen molar-refractivity contribution in [3.05, 3.63) is 107 Å². The summed E-state index contributed by atoms with van der Waals surface area (Å²) in [5.41, 5.74) is 6.37. The van der Waals surface area contributed by atoms with Crippen molar-refractivity contribution < 1.29 is 14.4 Å². The van der Waals surface area contributed by atoms with Crippen LogP contribution in [-0.4, -0.2) is 32.8 Å². The van der Waals surface area contributed by atoms with E-state index in [1.165, 1.54) is 22.3 Å². The first-order chi connectivity index (χ1) is 14.8. The summed E-state index contributed by atoms with van der Waals surface area (Å²) < 4.78 is 12.2. The van der Waals surface area contributed by atoms with Crippen LogP contribution < -0.4 is 9.64 Å². The van der Waals surface area contributed by atoms with E-state index < -0.39 is 0 Å². The van der Waals surface area contributed by atoms with Gasteiger partial charge in [0, 0.05) is 22.6 Å². The number of fused-ring (bicyclic) bond motifs is 1. The Balaban J connectivity index is 1.67. The second-order valence-corrected chi connectivity index (χ2v) is 8.24. The number of aryl methyl sites for hydroxylation is 1. The number of nitrogens with one attached hydrogen (secondary N) is 1. The maximum Gasteiger partial charge on any atom is 0.140 e. The number of ether oxygens (including phenoxy) is 2. The SMILES string of the molecule is Cc1ccc([C@@H]2C(C[NH+]3CCOCC3)=C(c3ccccc3)Oc3ccccc32)cc1. The molecule has 2 aliphatic heterocycles. The van der Waals surface area contributed by atoms with Gasteiger partial charge in [-0.05, 0) is 18.6 Å². The van der Waals surface area contributed by atoms with Crippen LogP contribution in [0.5, 0.6) is 5.75 Å². The van der Waals surface area contributed by atoms with E-state index in [1.54, 1.807) is 4.90 Å². The van der Waals surface area contributed by atoms with Crippen LogP contribution in [0.15, 0.2) is 84.4 Å². The maximum atomic E-state index is 6.58. The quantitative estimate of drug-likeness (QED) is 0.722. The van der Waals surface area contributed by atoms with Gasteiger partial charge in [-0.1, -0.05) is 78.4 Å². The van der Waals surface area contributed by atoms with Gasteiger partial charge in [-0.25, -0.2) is 0 Å². The minimum atomic E-state index is 0.195. The van der Waals surface area contributed by atoms with Crippen molar-refractivity contribution in [1.29, 1.82) is 0 Å². The van der Waals surface area contributed by atoms with Crippen LogP contribution in [0.4, 0.5) is 0 Å². The zero-order valence-electron chi connectivity index (χ0n) is 17.4. The summed E-state index contributed by atoms with van der Waals surface area (Å²) in [5.74, 6) is 2.17. The minimum Gasteiger partial charge on any atom is -0.456 e. The molecule has 152 valence electrons. The molecule has 1 atom stereocenters. The van der Waals surface area contributed by atoms with E-state index in [0.717, 1.165) is 49.9 Å². The smallest absolute Gasteiger partial charge is 0.140 e. The van der Waals surface area contributed by atoms with E-state index in [0.29, 0.717) is 0 Å². The van der Waals surface area contributed by atoms with Gasteiger partial charge in [-0.3, -0.25) is 0 Å². The highest BCUT2D eigenvalue weighted by Gasteiger charge is 2.34. The largest absolute Gasteiger partial charge is 0.456 e. The molecule has 1 fully saturated rings. The molecule has 30 heavy (non-hydrogen) atoms. The molecular formula is C27H28NO2+. The van der Waals surface area contributed by atoms with Crippen molar-refractivity contribution in [1.82, 2.24) is 0 Å². The van der Waals surface area contributed by atoms with Gasteiger partial charge in [-0.15, -0.1) is 0 Å². The lowest BCUT2D eigenvalue weighted by Gasteiger charge is -2.34. The van der Waals surface area contributed by atoms with Crippen LogP contribution in [0.2, 0.25) is 0 Å². The molecule has 0 bridgehead atoms. The van der Waals surface area contributed by atoms with Crippen LogP contribution >= 0.6 is 0 Å². The molecule has 0 spiro atoms. The second kappa shape index (κ2) is 8.47. The summed E-state index contributed by atoms with van der Waals surface area (Å²) in [5, 5.41) is 0. The highest BCUT2D eigenvalue weighted by molar-refractivity contribution is 5.72. The summed E-state index contributed by atoms with van der Waals surface area (Å²) in [6.45, 7) is 6.83. The van der Waals surface area contributed by atoms with Gasteiger partial charge in [0.25, 0.3) is 0 Å². The molecule has 5 rings (SSSR count). The topological polar surface area (TPSA) is 22.9 Å². The molecular weight excluding hydrogens is 370 g/mol. The van der Waals surface area contributed by atoms with Gasteiger partial charge in [0.1, 0.15) is 31.1 Å². The van der Waals surface area contributed by atoms with Crippen LogP contribution in [0, 0.1) is 6.92 Å². The molecule has 3 aromatic carbocycles. The number of benzene rings is 3. The standard InChI is InChI=1S/C27H27NO2/c1-20-11-13-21(14-12-20)26-23-9-5-6-10-25(23)30-27(22-7-3-2-4-8-22)24(26)19-28-15-17-29-18-16-28/h2-14,26H,15-19H2,1H3/p+1/t26-/m0/s1. The van der Waals surface area contributed by atoms with Gasteiger partial charge in [-0.2, -0.15) is 0 Å². The van der Waals surface area contributed by atoms with E-state index in [2.05, 4.69) is 85.8 Å². The Morgan fingerprint density at radius 3 is 2.30 bits per heavy atom. The Hall–Kier alpha value is -2.88. The van der Waals surface area contributed by atoms with Crippen LogP contribution in [0.3, 0.4) is 0 Å². The van der Waals surface area contributed by atoms with Gasteiger partial charge < -0.3 is 14.4 Å². The zero-order valence-corrected chi connectivity index (χ0v) is 17.4. The fourth-order valence-electron chi connectivity index (χ4n) is 4.57. The lowest BCUT2D eigenvalue weighted by molar-refractivity contribution is -0.903. The summed E-state index contributed by atoms with van der Waals surface area (Å²) in [6, 6.07) is 28.0. The molecule has 2 aliphatic rings. The van der Waals surface area contributed by atoms with Crippen molar-refractivity contribution in [3.63, 3.8) is 0 Å². The number of para-hydroxylation sites is 1. The first kappa shape index (κ1) is 19.1. The van der Waals surface area contributed by atoms with Crippen molar-refractivity contribution in [2.24, 2.45) is 0 Å². The third-order valence-electron chi connectivity index (χ3n) is 6.17. The molecule has 0 aliphatic carbocycles. The van der Waals surface area contributed by atoms with E-state index in [1.807, 2.05) is 0 Å². The zero-order chi connectivity index (χ0) is 20.3. The van der Waals surface area contributed by atoms with Gasteiger partial charge in [0.15, 0.2) is 0 Å². The van der Waals surface area contributed by atoms with E-state index in [9.17, 15) is 0 Å². The minimum absolute atomic E-state index is 0.195. The Morgan fingerprint density at radius 1 is 0.833 bits per heavy atom. The van der Waals surface area contributed by atoms with Gasteiger partial charge in [0.2, 0.25) is 0 Å². The van der Waals surface area contributed by atoms with Crippen LogP contribution in [-0.2, 0) is 4.74 Å². The number of quaternary nitrogens is 1. The molecule has 3 heteroatoms. The van der Waals surface area contributed by atoms with Crippen molar-refractivity contribution in [3.8, 4) is 5.75 Å². The van der Waals surface area contributed by atoms with Crippen LogP contribution in [0.25, 0.3) is 5.76 Å². The summed E-state index contributed by atoms with van der Waals surface area (Å²) in [6.07, 6.45) is 0. The number of hydrogen-bond acceptors (Lipinski definition) is 2. The van der Waals surface area contributed by atoms with Crippen molar-refractivity contribution >= 4 is 5.76 Å². The maximum absolute atomic E-state index is 6.58. The number of hydrogen-bond donors (Lipinski definition) is 1. The Bertz CT molecular complexity index is 1030. The molecule has 0 unspecified atom stereocenters. The highest BCUT2D eigenvalue weighted by atomic mass is 16.5. The van der Waals surface area contributed by atoms with Gasteiger partial charge >= 0.3 is 0 Å². The lowest BCUT2D eigenvalue weighted by Crippen LogP contribution is -3.14. The van der Waals surface area contributed by atoms with Gasteiger partial charge in [0.05, 0.1) is 13.2 Å². The fraction of sp³-hybridized carbons (Fsp3) is 0.259. The lowest BCUT2D eigenvalue weighted by atomic mass is 9.80. The molecule has 3 nitrogen and oxygen atoms in total. The fourth-order valence-corrected chi connectivity index (χ4v) is 4.57. The third kappa shape index (κ3) is 3.79. The number of rotatable bonds is 4. The highest BCUT2D eigenvalue weighted by Crippen LogP contribution is 2.45. The molecule has 1 saturated heterocycles. The average Bonchev–Trinajstić information content (AvgIpc) is 2.81. The summed E-state index contributed by atoms with van der Waals surface area (Å²) >= 11 is 0. The average molecular weight is 399 g/mol. The second-order valence-electron chi connectivity index (χ2n) is 8.24. The van der Waals surface area contributed by atoms with E-state index >= 15 is 0 Å².